The largest absolute Gasteiger partial charge is 0.488 e. The fraction of sp³-hybridized carbons (Fsp3) is 0.294. The number of hydrogen-bond acceptors (Lipinski definition) is 3. The van der Waals surface area contributed by atoms with E-state index >= 15 is 0 Å². The molecule has 7 heteroatoms. The van der Waals surface area contributed by atoms with Gasteiger partial charge in [0.2, 0.25) is 0 Å². The predicted molar refractivity (Wildman–Crippen MR) is 82.8 cm³/mol. The second-order valence-electron chi connectivity index (χ2n) is 5.11. The third-order valence-electron chi connectivity index (χ3n) is 3.33. The van der Waals surface area contributed by atoms with Crippen molar-refractivity contribution >= 4 is 5.91 Å². The maximum atomic E-state index is 13.0. The number of nitrogens with zero attached hydrogens (tertiary/aromatic N) is 1. The molecule has 1 amide bonds. The Hall–Kier alpha value is -2.57. The molecule has 0 aliphatic heterocycles. The molecule has 2 aromatic rings. The third kappa shape index (κ3) is 4.04. The van der Waals surface area contributed by atoms with Crippen LogP contribution in [-0.2, 0) is 12.8 Å². The van der Waals surface area contributed by atoms with Gasteiger partial charge in [-0.3, -0.25) is 9.78 Å². The zero-order chi connectivity index (χ0) is 17.7. The lowest BCUT2D eigenvalue weighted by Gasteiger charge is -2.16. The summed E-state index contributed by atoms with van der Waals surface area (Å²) >= 11 is 0. The minimum atomic E-state index is -4.56. The Morgan fingerprint density at radius 3 is 2.67 bits per heavy atom. The zero-order valence-corrected chi connectivity index (χ0v) is 13.3. The predicted octanol–water partition coefficient (Wildman–Crippen LogP) is 3.74. The molecule has 2 rings (SSSR count). The van der Waals surface area contributed by atoms with Gasteiger partial charge in [-0.25, -0.2) is 0 Å². The van der Waals surface area contributed by atoms with Crippen molar-refractivity contribution in [2.45, 2.75) is 26.6 Å². The standard InChI is InChI=1S/C17H17F3N2O2/c1-3-21-16(23)13-8-4-6-11(2)14(13)24-10-12-7-5-9-22-15(12)17(18,19)20/h4-9H,3,10H2,1-2H3,(H,21,23). The Kier molecular flexibility index (Phi) is 5.43. The molecule has 0 fully saturated rings. The van der Waals surface area contributed by atoms with Gasteiger partial charge in [-0.1, -0.05) is 18.2 Å². The van der Waals surface area contributed by atoms with Gasteiger partial charge < -0.3 is 10.1 Å². The molecule has 0 saturated carbocycles. The molecule has 24 heavy (non-hydrogen) atoms. The monoisotopic (exact) mass is 338 g/mol. The van der Waals surface area contributed by atoms with Crippen LogP contribution in [0.4, 0.5) is 13.2 Å². The molecule has 0 bridgehead atoms. The van der Waals surface area contributed by atoms with E-state index in [-0.39, 0.29) is 29.4 Å². The zero-order valence-electron chi connectivity index (χ0n) is 13.3. The van der Waals surface area contributed by atoms with Crippen molar-refractivity contribution in [3.63, 3.8) is 0 Å². The first-order valence-electron chi connectivity index (χ1n) is 7.36. The number of alkyl halides is 3. The van der Waals surface area contributed by atoms with E-state index in [4.69, 9.17) is 4.74 Å². The molecule has 0 aliphatic rings. The van der Waals surface area contributed by atoms with Gasteiger partial charge >= 0.3 is 6.18 Å². The molecular weight excluding hydrogens is 321 g/mol. The van der Waals surface area contributed by atoms with Crippen LogP contribution in [0.5, 0.6) is 5.75 Å². The normalized spacial score (nSPS) is 11.2. The van der Waals surface area contributed by atoms with E-state index in [0.717, 1.165) is 6.20 Å². The fourth-order valence-electron chi connectivity index (χ4n) is 2.24. The van der Waals surface area contributed by atoms with Crippen LogP contribution in [0, 0.1) is 6.92 Å². The van der Waals surface area contributed by atoms with Gasteiger partial charge in [-0.15, -0.1) is 0 Å². The topological polar surface area (TPSA) is 51.2 Å². The smallest absolute Gasteiger partial charge is 0.433 e. The van der Waals surface area contributed by atoms with Crippen molar-refractivity contribution in [3.05, 3.63) is 58.9 Å². The number of benzene rings is 1. The number of carbonyl (C=O) groups is 1. The van der Waals surface area contributed by atoms with Gasteiger partial charge in [0.25, 0.3) is 5.91 Å². The van der Waals surface area contributed by atoms with Crippen molar-refractivity contribution in [2.24, 2.45) is 0 Å². The van der Waals surface area contributed by atoms with Gasteiger partial charge in [-0.05, 0) is 31.5 Å². The number of aryl methyl sites for hydroxylation is 1. The Labute approximate surface area is 137 Å². The molecule has 1 heterocycles. The summed E-state index contributed by atoms with van der Waals surface area (Å²) in [4.78, 5) is 15.5. The second kappa shape index (κ2) is 7.33. The van der Waals surface area contributed by atoms with E-state index in [9.17, 15) is 18.0 Å². The lowest BCUT2D eigenvalue weighted by Crippen LogP contribution is -2.23. The Bertz CT molecular complexity index is 730. The molecule has 1 aromatic heterocycles. The first-order valence-corrected chi connectivity index (χ1v) is 7.36. The molecule has 128 valence electrons. The van der Waals surface area contributed by atoms with E-state index < -0.39 is 11.9 Å². The van der Waals surface area contributed by atoms with E-state index in [0.29, 0.717) is 12.1 Å². The summed E-state index contributed by atoms with van der Waals surface area (Å²) in [5.41, 5.74) is -0.126. The number of halogens is 3. The molecule has 4 nitrogen and oxygen atoms in total. The Balaban J connectivity index is 2.29. The first-order chi connectivity index (χ1) is 11.3. The number of carbonyl (C=O) groups excluding carboxylic acids is 1. The number of nitrogens with one attached hydrogen (secondary N) is 1. The highest BCUT2D eigenvalue weighted by atomic mass is 19.4. The summed E-state index contributed by atoms with van der Waals surface area (Å²) in [6, 6.07) is 7.71. The summed E-state index contributed by atoms with van der Waals surface area (Å²) < 4.78 is 44.5. The number of hydrogen-bond donors (Lipinski definition) is 1. The van der Waals surface area contributed by atoms with Crippen LogP contribution in [0.3, 0.4) is 0 Å². The van der Waals surface area contributed by atoms with Crippen molar-refractivity contribution in [3.8, 4) is 5.75 Å². The van der Waals surface area contributed by atoms with Gasteiger partial charge in [0.15, 0.2) is 5.69 Å². The first kappa shape index (κ1) is 17.8. The number of amides is 1. The molecule has 0 unspecified atom stereocenters. The molecule has 0 radical (unpaired) electrons. The number of ether oxygens (including phenoxy) is 1. The second-order valence-corrected chi connectivity index (χ2v) is 5.11. The van der Waals surface area contributed by atoms with Crippen molar-refractivity contribution in [2.75, 3.05) is 6.54 Å². The Morgan fingerprint density at radius 2 is 2.00 bits per heavy atom. The molecule has 0 aliphatic carbocycles. The fourth-order valence-corrected chi connectivity index (χ4v) is 2.24. The van der Waals surface area contributed by atoms with Gasteiger partial charge in [0.1, 0.15) is 12.4 Å². The summed E-state index contributed by atoms with van der Waals surface area (Å²) in [6.45, 7) is 3.61. The van der Waals surface area contributed by atoms with Crippen LogP contribution in [0.1, 0.15) is 34.1 Å². The van der Waals surface area contributed by atoms with E-state index in [1.807, 2.05) is 0 Å². The van der Waals surface area contributed by atoms with Crippen LogP contribution in [0.15, 0.2) is 36.5 Å². The van der Waals surface area contributed by atoms with E-state index in [2.05, 4.69) is 10.3 Å². The minimum absolute atomic E-state index is 0.0879. The number of rotatable bonds is 5. The average molecular weight is 338 g/mol. The summed E-state index contributed by atoms with van der Waals surface area (Å²) in [5.74, 6) is -0.0705. The molecule has 1 aromatic carbocycles. The van der Waals surface area contributed by atoms with Crippen LogP contribution in [0.2, 0.25) is 0 Å². The van der Waals surface area contributed by atoms with Crippen LogP contribution in [-0.4, -0.2) is 17.4 Å². The molecule has 1 N–H and O–H groups in total. The lowest BCUT2D eigenvalue weighted by atomic mass is 10.1. The number of aromatic nitrogens is 1. The van der Waals surface area contributed by atoms with Crippen LogP contribution in [0.25, 0.3) is 0 Å². The van der Waals surface area contributed by atoms with E-state index in [1.165, 1.54) is 12.1 Å². The summed E-state index contributed by atoms with van der Waals surface area (Å²) in [6.07, 6.45) is -3.48. The van der Waals surface area contributed by atoms with Crippen LogP contribution < -0.4 is 10.1 Å². The van der Waals surface area contributed by atoms with Crippen LogP contribution >= 0.6 is 0 Å². The molecular formula is C17H17F3N2O2. The quantitative estimate of drug-likeness (QED) is 0.904. The van der Waals surface area contributed by atoms with Crippen molar-refractivity contribution in [1.82, 2.24) is 10.3 Å². The highest BCUT2D eigenvalue weighted by Gasteiger charge is 2.35. The summed E-state index contributed by atoms with van der Waals surface area (Å²) in [5, 5.41) is 2.65. The SMILES string of the molecule is CCNC(=O)c1cccc(C)c1OCc1cccnc1C(F)(F)F. The van der Waals surface area contributed by atoms with Crippen molar-refractivity contribution in [1.29, 1.82) is 0 Å². The molecule has 0 spiro atoms. The maximum Gasteiger partial charge on any atom is 0.433 e. The minimum Gasteiger partial charge on any atom is -0.488 e. The highest BCUT2D eigenvalue weighted by Crippen LogP contribution is 2.31. The number of pyridine rings is 1. The third-order valence-corrected chi connectivity index (χ3v) is 3.33. The van der Waals surface area contributed by atoms with Gasteiger partial charge in [0.05, 0.1) is 5.56 Å². The van der Waals surface area contributed by atoms with Gasteiger partial charge in [-0.2, -0.15) is 13.2 Å². The van der Waals surface area contributed by atoms with Gasteiger partial charge in [0, 0.05) is 18.3 Å². The highest BCUT2D eigenvalue weighted by molar-refractivity contribution is 5.97. The maximum absolute atomic E-state index is 13.0. The number of para-hydroxylation sites is 1. The average Bonchev–Trinajstić information content (AvgIpc) is 2.53. The van der Waals surface area contributed by atoms with E-state index in [1.54, 1.807) is 32.0 Å². The molecule has 0 atom stereocenters. The Morgan fingerprint density at radius 1 is 1.25 bits per heavy atom. The molecule has 0 saturated heterocycles. The summed E-state index contributed by atoms with van der Waals surface area (Å²) in [7, 11) is 0. The lowest BCUT2D eigenvalue weighted by molar-refractivity contribution is -0.142. The van der Waals surface area contributed by atoms with Crippen molar-refractivity contribution < 1.29 is 22.7 Å².